The molecular weight excluding hydrogens is 288 g/mol. The van der Waals surface area contributed by atoms with Crippen LogP contribution in [0.25, 0.3) is 0 Å². The van der Waals surface area contributed by atoms with Crippen molar-refractivity contribution >= 4 is 8.07 Å². The summed E-state index contributed by atoms with van der Waals surface area (Å²) in [7, 11) is -1.18. The average Bonchev–Trinajstić information content (AvgIpc) is 3.14. The minimum Gasteiger partial charge on any atom is -0.0808 e. The topological polar surface area (TPSA) is 0 Å². The molecule has 0 amide bonds. The molecule has 0 spiro atoms. The van der Waals surface area contributed by atoms with Gasteiger partial charge in [0.2, 0.25) is 0 Å². The van der Waals surface area contributed by atoms with E-state index in [9.17, 15) is 0 Å². The van der Waals surface area contributed by atoms with Gasteiger partial charge in [-0.05, 0) is 17.5 Å². The molecule has 0 saturated heterocycles. The molecule has 19 heavy (non-hydrogen) atoms. The first-order chi connectivity index (χ1) is 8.71. The van der Waals surface area contributed by atoms with Crippen LogP contribution in [0, 0.1) is 0 Å². The van der Waals surface area contributed by atoms with Crippen LogP contribution in [-0.4, -0.2) is 8.07 Å². The normalized spacial score (nSPS) is 19.9. The number of rotatable bonds is 2. The van der Waals surface area contributed by atoms with Gasteiger partial charge >= 0.3 is 0 Å². The zero-order valence-corrected chi connectivity index (χ0v) is 13.7. The molecule has 0 N–H and O–H groups in total. The molecule has 2 heteroatoms. The van der Waals surface area contributed by atoms with E-state index in [2.05, 4.69) is 86.0 Å². The van der Waals surface area contributed by atoms with Crippen molar-refractivity contribution in [2.75, 3.05) is 0 Å². The fraction of sp³-hybridized carbons (Fsp3) is 0.294. The summed E-state index contributed by atoms with van der Waals surface area (Å²) in [5.41, 5.74) is 1.45. The van der Waals surface area contributed by atoms with Crippen molar-refractivity contribution in [2.45, 2.75) is 30.6 Å². The van der Waals surface area contributed by atoms with Crippen LogP contribution in [-0.2, 0) is 17.1 Å². The fourth-order valence-corrected chi connectivity index (χ4v) is 5.34. The first kappa shape index (κ1) is 16.2. The predicted molar refractivity (Wildman–Crippen MR) is 84.4 cm³/mol. The Balaban J connectivity index is 0.000000256. The third-order valence-corrected chi connectivity index (χ3v) is 8.08. The summed E-state index contributed by atoms with van der Waals surface area (Å²) in [5.74, 6) is 0. The second-order valence-electron chi connectivity index (χ2n) is 5.50. The Bertz CT molecular complexity index is 386. The SMILES string of the molecule is C1=CCC=C1.C[Si](C)(C1C=CC=C1)C1C=CC=C1.[Fe]. The summed E-state index contributed by atoms with van der Waals surface area (Å²) in [4.78, 5) is 0. The third kappa shape index (κ3) is 4.34. The van der Waals surface area contributed by atoms with E-state index >= 15 is 0 Å². The molecule has 0 unspecified atom stereocenters. The van der Waals surface area contributed by atoms with Crippen LogP contribution in [0.5, 0.6) is 0 Å². The van der Waals surface area contributed by atoms with E-state index in [1.165, 1.54) is 0 Å². The molecule has 0 nitrogen and oxygen atoms in total. The molecule has 3 aliphatic rings. The summed E-state index contributed by atoms with van der Waals surface area (Å²) in [6, 6.07) is 0. The van der Waals surface area contributed by atoms with Crippen molar-refractivity contribution < 1.29 is 17.1 Å². The minimum absolute atomic E-state index is 0. The average molecular weight is 310 g/mol. The summed E-state index contributed by atoms with van der Waals surface area (Å²) < 4.78 is 0. The molecule has 0 bridgehead atoms. The van der Waals surface area contributed by atoms with E-state index in [0.717, 1.165) is 17.5 Å². The van der Waals surface area contributed by atoms with Gasteiger partial charge in [-0.15, -0.1) is 0 Å². The molecule has 0 heterocycles. The second kappa shape index (κ2) is 7.69. The molecule has 0 radical (unpaired) electrons. The van der Waals surface area contributed by atoms with Crippen LogP contribution < -0.4 is 0 Å². The Kier molecular flexibility index (Phi) is 6.57. The molecule has 102 valence electrons. The van der Waals surface area contributed by atoms with E-state index in [1.54, 1.807) is 0 Å². The summed E-state index contributed by atoms with van der Waals surface area (Å²) >= 11 is 0. The third-order valence-electron chi connectivity index (χ3n) is 3.87. The summed E-state index contributed by atoms with van der Waals surface area (Å²) in [6.07, 6.45) is 27.6. The van der Waals surface area contributed by atoms with Gasteiger partial charge in [0, 0.05) is 17.1 Å². The van der Waals surface area contributed by atoms with Gasteiger partial charge in [0.05, 0.1) is 8.07 Å². The van der Waals surface area contributed by atoms with Crippen molar-refractivity contribution in [2.24, 2.45) is 0 Å². The number of hydrogen-bond acceptors (Lipinski definition) is 0. The van der Waals surface area contributed by atoms with E-state index in [4.69, 9.17) is 0 Å². The Hall–Kier alpha value is -0.824. The maximum atomic E-state index is 2.47. The predicted octanol–water partition coefficient (Wildman–Crippen LogP) is 5.19. The molecule has 0 aromatic carbocycles. The maximum Gasteiger partial charge on any atom is 0.0699 e. The monoisotopic (exact) mass is 310 g/mol. The largest absolute Gasteiger partial charge is 0.0808 e. The summed E-state index contributed by atoms with van der Waals surface area (Å²) in [5, 5.41) is 0. The maximum absolute atomic E-state index is 2.47. The summed E-state index contributed by atoms with van der Waals surface area (Å²) in [6.45, 7) is 4.95. The van der Waals surface area contributed by atoms with Gasteiger partial charge in [-0.2, -0.15) is 0 Å². The molecule has 0 aliphatic heterocycles. The second-order valence-corrected chi connectivity index (χ2v) is 10.5. The van der Waals surface area contributed by atoms with Crippen molar-refractivity contribution in [1.29, 1.82) is 0 Å². The zero-order valence-electron chi connectivity index (χ0n) is 11.6. The molecular formula is C17H22FeSi. The van der Waals surface area contributed by atoms with Crippen molar-refractivity contribution in [3.05, 3.63) is 72.9 Å². The van der Waals surface area contributed by atoms with Gasteiger partial charge in [0.15, 0.2) is 0 Å². The molecule has 0 aromatic heterocycles. The van der Waals surface area contributed by atoms with Crippen LogP contribution in [0.4, 0.5) is 0 Å². The Labute approximate surface area is 128 Å². The number of allylic oxidation sites excluding steroid dienone is 12. The minimum atomic E-state index is -1.18. The van der Waals surface area contributed by atoms with Crippen LogP contribution in [0.2, 0.25) is 24.2 Å². The van der Waals surface area contributed by atoms with Crippen LogP contribution >= 0.6 is 0 Å². The zero-order chi connectivity index (χ0) is 12.8. The van der Waals surface area contributed by atoms with E-state index in [-0.39, 0.29) is 17.1 Å². The molecule has 3 aliphatic carbocycles. The Morgan fingerprint density at radius 2 is 1.05 bits per heavy atom. The van der Waals surface area contributed by atoms with Crippen molar-refractivity contribution in [3.8, 4) is 0 Å². The van der Waals surface area contributed by atoms with Crippen molar-refractivity contribution in [1.82, 2.24) is 0 Å². The smallest absolute Gasteiger partial charge is 0.0699 e. The first-order valence-corrected chi connectivity index (χ1v) is 9.88. The number of hydrogen-bond donors (Lipinski definition) is 0. The quantitative estimate of drug-likeness (QED) is 0.616. The van der Waals surface area contributed by atoms with Gasteiger partial charge < -0.3 is 0 Å². The Morgan fingerprint density at radius 3 is 1.32 bits per heavy atom. The van der Waals surface area contributed by atoms with Crippen LogP contribution in [0.15, 0.2) is 72.9 Å². The van der Waals surface area contributed by atoms with Crippen molar-refractivity contribution in [3.63, 3.8) is 0 Å². The van der Waals surface area contributed by atoms with Gasteiger partial charge in [-0.1, -0.05) is 86.0 Å². The van der Waals surface area contributed by atoms with Gasteiger partial charge in [-0.25, -0.2) is 0 Å². The first-order valence-electron chi connectivity index (χ1n) is 6.73. The molecule has 0 aromatic rings. The van der Waals surface area contributed by atoms with E-state index in [1.807, 2.05) is 0 Å². The van der Waals surface area contributed by atoms with Gasteiger partial charge in [0.1, 0.15) is 0 Å². The van der Waals surface area contributed by atoms with Crippen LogP contribution in [0.3, 0.4) is 0 Å². The molecule has 0 atom stereocenters. The Morgan fingerprint density at radius 1 is 0.684 bits per heavy atom. The molecule has 3 rings (SSSR count). The fourth-order valence-electron chi connectivity index (χ4n) is 2.47. The standard InChI is InChI=1S/C12H16Si.C5H6.Fe/c1-13(2,11-7-3-4-8-11)12-9-5-6-10-12;1-2-4-5-3-1;/h3-12H,1-2H3;1-4H,5H2;. The molecule has 0 fully saturated rings. The van der Waals surface area contributed by atoms with Gasteiger partial charge in [-0.3, -0.25) is 0 Å². The van der Waals surface area contributed by atoms with E-state index < -0.39 is 8.07 Å². The molecule has 0 saturated carbocycles. The van der Waals surface area contributed by atoms with Crippen LogP contribution in [0.1, 0.15) is 6.42 Å². The van der Waals surface area contributed by atoms with Gasteiger partial charge in [0.25, 0.3) is 0 Å². The van der Waals surface area contributed by atoms with E-state index in [0.29, 0.717) is 0 Å².